The van der Waals surface area contributed by atoms with Crippen LogP contribution in [-0.4, -0.2) is 9.76 Å². The minimum absolute atomic E-state index is 0.00801. The molecule has 0 atom stereocenters. The number of benzene rings is 3. The first-order chi connectivity index (χ1) is 16.5. The summed E-state index contributed by atoms with van der Waals surface area (Å²) >= 11 is 0. The van der Waals surface area contributed by atoms with Gasteiger partial charge in [-0.05, 0) is 92.7 Å². The van der Waals surface area contributed by atoms with Crippen molar-refractivity contribution in [2.24, 2.45) is 0 Å². The highest BCUT2D eigenvalue weighted by Crippen LogP contribution is 2.32. The average molecular weight is 386 g/mol. The molecule has 0 amide bonds. The van der Waals surface area contributed by atoms with E-state index in [4.69, 9.17) is 26.2 Å². The van der Waals surface area contributed by atoms with Crippen molar-refractivity contribution in [3.05, 3.63) is 76.9 Å². The van der Waals surface area contributed by atoms with Gasteiger partial charge in [0.2, 0.25) is 0 Å². The van der Waals surface area contributed by atoms with Crippen molar-refractivity contribution in [3.63, 3.8) is 0 Å². The predicted molar refractivity (Wildman–Crippen MR) is 111 cm³/mol. The normalized spacial score (nSPS) is 16.9. The first-order valence-electron chi connectivity index (χ1n) is 12.7. The number of ether oxygens (including phenoxy) is 2. The van der Waals surface area contributed by atoms with Crippen molar-refractivity contribution in [3.8, 4) is 28.7 Å². The van der Waals surface area contributed by atoms with Gasteiger partial charge in [-0.15, -0.1) is 0 Å². The average Bonchev–Trinajstić information content (AvgIpc) is 2.71. The van der Waals surface area contributed by atoms with Crippen LogP contribution < -0.4 is 13.9 Å². The summed E-state index contributed by atoms with van der Waals surface area (Å²) < 4.78 is 86.9. The van der Waals surface area contributed by atoms with Crippen LogP contribution in [0.5, 0.6) is 28.7 Å². The number of rotatable bonds is 6. The molecule has 0 bridgehead atoms. The van der Waals surface area contributed by atoms with E-state index in [9.17, 15) is 0 Å². The van der Waals surface area contributed by atoms with Gasteiger partial charge in [-0.1, -0.05) is 6.07 Å². The summed E-state index contributed by atoms with van der Waals surface area (Å²) in [6, 6.07) is 12.9. The van der Waals surface area contributed by atoms with E-state index in [0.29, 0.717) is 11.3 Å². The van der Waals surface area contributed by atoms with Gasteiger partial charge < -0.3 is 13.9 Å². The van der Waals surface area contributed by atoms with Gasteiger partial charge in [0.1, 0.15) is 28.7 Å². The minimum atomic E-state index is -2.49. The monoisotopic (exact) mass is 385 g/mol. The Labute approximate surface area is 176 Å². The molecule has 0 heterocycles. The molecular formula is C23H24O3Si. The minimum Gasteiger partial charge on any atom is -0.541 e. The molecule has 3 nitrogen and oxygen atoms in total. The van der Waals surface area contributed by atoms with Crippen LogP contribution in [0, 0.1) is 27.5 Å². The molecule has 3 rings (SSSR count). The molecule has 0 fully saturated rings. The summed E-state index contributed by atoms with van der Waals surface area (Å²) in [4.78, 5) is 0. The quantitative estimate of drug-likeness (QED) is 0.450. The fourth-order valence-electron chi connectivity index (χ4n) is 2.58. The SMILES string of the molecule is [2H]C([2H])([2H])c1cc(C)cc(Oc2cc(Oc3cc(O[Si]C)cc(C([2H])([2H])[2H])c3)cc(C([2H])([2H])[2H])c2)c1. The van der Waals surface area contributed by atoms with Crippen LogP contribution in [0.3, 0.4) is 0 Å². The first-order valence-corrected chi connectivity index (χ1v) is 9.58. The van der Waals surface area contributed by atoms with E-state index in [1.165, 1.54) is 48.5 Å². The molecular weight excluding hydrogens is 352 g/mol. The Morgan fingerprint density at radius 3 is 1.52 bits per heavy atom. The molecule has 0 saturated carbocycles. The van der Waals surface area contributed by atoms with Crippen LogP contribution >= 0.6 is 0 Å². The van der Waals surface area contributed by atoms with E-state index in [1.54, 1.807) is 19.5 Å². The van der Waals surface area contributed by atoms with Gasteiger partial charge in [0.15, 0.2) is 0 Å². The molecule has 0 aromatic heterocycles. The predicted octanol–water partition coefficient (Wildman–Crippen LogP) is 6.55. The highest BCUT2D eigenvalue weighted by Gasteiger charge is 2.07. The third-order valence-electron chi connectivity index (χ3n) is 3.50. The molecule has 4 heteroatoms. The lowest BCUT2D eigenvalue weighted by atomic mass is 10.1. The van der Waals surface area contributed by atoms with E-state index in [0.717, 1.165) is 0 Å². The zero-order chi connectivity index (χ0) is 26.9. The second kappa shape index (κ2) is 8.31. The molecule has 3 aromatic carbocycles. The third-order valence-corrected chi connectivity index (χ3v) is 3.94. The Hall–Kier alpha value is -2.72. The smallest absolute Gasteiger partial charge is 0.307 e. The molecule has 0 saturated heterocycles. The Bertz CT molecular complexity index is 1230. The van der Waals surface area contributed by atoms with Crippen molar-refractivity contribution in [2.75, 3.05) is 0 Å². The van der Waals surface area contributed by atoms with Crippen LogP contribution in [0.1, 0.15) is 34.6 Å². The van der Waals surface area contributed by atoms with Gasteiger partial charge >= 0.3 is 9.76 Å². The summed E-state index contributed by atoms with van der Waals surface area (Å²) in [5.41, 5.74) is 0.685. The molecule has 138 valence electrons. The third kappa shape index (κ3) is 5.38. The maximum atomic E-state index is 7.84. The second-order valence-electron chi connectivity index (χ2n) is 5.93. The summed E-state index contributed by atoms with van der Waals surface area (Å²) in [5.74, 6) is 0.874. The van der Waals surface area contributed by atoms with E-state index in [1.807, 2.05) is 0 Å². The van der Waals surface area contributed by atoms with Crippen LogP contribution in [-0.2, 0) is 0 Å². The molecule has 0 spiro atoms. The molecule has 27 heavy (non-hydrogen) atoms. The van der Waals surface area contributed by atoms with Gasteiger partial charge in [0.25, 0.3) is 0 Å². The summed E-state index contributed by atoms with van der Waals surface area (Å²) in [6.45, 7) is -3.73. The summed E-state index contributed by atoms with van der Waals surface area (Å²) in [6.07, 6.45) is 0. The van der Waals surface area contributed by atoms with Gasteiger partial charge in [0, 0.05) is 24.5 Å². The van der Waals surface area contributed by atoms with E-state index < -0.39 is 20.6 Å². The highest BCUT2D eigenvalue weighted by atomic mass is 28.2. The Kier molecular flexibility index (Phi) is 3.25. The first kappa shape index (κ1) is 10.6. The van der Waals surface area contributed by atoms with E-state index >= 15 is 0 Å². The fraction of sp³-hybridized carbons (Fsp3) is 0.217. The van der Waals surface area contributed by atoms with Crippen molar-refractivity contribution in [2.45, 2.75) is 34.0 Å². The zero-order valence-electron chi connectivity index (χ0n) is 23.9. The fourth-order valence-corrected chi connectivity index (χ4v) is 2.93. The Morgan fingerprint density at radius 2 is 1.00 bits per heavy atom. The maximum absolute atomic E-state index is 7.84. The van der Waals surface area contributed by atoms with E-state index in [-0.39, 0.29) is 49.5 Å². The van der Waals surface area contributed by atoms with Crippen molar-refractivity contribution < 1.29 is 26.2 Å². The van der Waals surface area contributed by atoms with E-state index in [2.05, 4.69) is 0 Å². The lowest BCUT2D eigenvalue weighted by Crippen LogP contribution is -1.96. The lowest BCUT2D eigenvalue weighted by Gasteiger charge is -2.13. The highest BCUT2D eigenvalue weighted by molar-refractivity contribution is 6.26. The number of aryl methyl sites for hydroxylation is 4. The van der Waals surface area contributed by atoms with Crippen LogP contribution in [0.15, 0.2) is 54.6 Å². The molecule has 2 radical (unpaired) electrons. The van der Waals surface area contributed by atoms with Crippen molar-refractivity contribution in [1.29, 1.82) is 0 Å². The van der Waals surface area contributed by atoms with Gasteiger partial charge in [0.05, 0.1) is 0 Å². The van der Waals surface area contributed by atoms with Crippen LogP contribution in [0.4, 0.5) is 0 Å². The Balaban J connectivity index is 2.04. The molecule has 0 aliphatic heterocycles. The molecule has 3 aromatic rings. The maximum Gasteiger partial charge on any atom is 0.307 e. The van der Waals surface area contributed by atoms with Gasteiger partial charge in [-0.25, -0.2) is 0 Å². The van der Waals surface area contributed by atoms with Gasteiger partial charge in [-0.3, -0.25) is 0 Å². The molecule has 0 N–H and O–H groups in total. The van der Waals surface area contributed by atoms with Gasteiger partial charge in [-0.2, -0.15) is 0 Å². The molecule has 0 aliphatic carbocycles. The molecule has 0 aliphatic rings. The Morgan fingerprint density at radius 1 is 0.593 bits per heavy atom. The van der Waals surface area contributed by atoms with Crippen LogP contribution in [0.25, 0.3) is 0 Å². The summed E-state index contributed by atoms with van der Waals surface area (Å²) in [7, 11) is 0.0713. The number of hydrogen-bond donors (Lipinski definition) is 0. The standard InChI is InChI=1S/C23H24O3Si/c1-15-6-16(2)8-19(7-15)24-20-9-17(3)10-21(13-20)25-22-11-18(4)12-23(14-22)26-27-5/h6-14H,1-5H3/i1D3,3D3,4D3. The number of hydrogen-bond acceptors (Lipinski definition) is 3. The largest absolute Gasteiger partial charge is 0.541 e. The lowest BCUT2D eigenvalue weighted by molar-refractivity contribution is 0.457. The zero-order valence-corrected chi connectivity index (χ0v) is 15.9. The van der Waals surface area contributed by atoms with Crippen molar-refractivity contribution in [1.82, 2.24) is 0 Å². The van der Waals surface area contributed by atoms with Crippen molar-refractivity contribution >= 4 is 9.76 Å². The topological polar surface area (TPSA) is 27.7 Å². The second-order valence-corrected chi connectivity index (χ2v) is 6.54. The summed E-state index contributed by atoms with van der Waals surface area (Å²) in [5, 5.41) is 0. The van der Waals surface area contributed by atoms with Crippen LogP contribution in [0.2, 0.25) is 6.55 Å². The molecule has 0 unspecified atom stereocenters.